The maximum atomic E-state index is 11.3. The van der Waals surface area contributed by atoms with Crippen LogP contribution < -0.4 is 0 Å². The summed E-state index contributed by atoms with van der Waals surface area (Å²) in [5, 5.41) is 0. The summed E-state index contributed by atoms with van der Waals surface area (Å²) >= 11 is 3.19. The maximum absolute atomic E-state index is 11.3. The van der Waals surface area contributed by atoms with Crippen LogP contribution in [0.4, 0.5) is 0 Å². The van der Waals surface area contributed by atoms with Crippen molar-refractivity contribution in [1.29, 1.82) is 0 Å². The van der Waals surface area contributed by atoms with Crippen LogP contribution in [0.15, 0.2) is 29.3 Å². The van der Waals surface area contributed by atoms with Crippen molar-refractivity contribution in [3.63, 3.8) is 0 Å². The van der Waals surface area contributed by atoms with Crippen LogP contribution in [0.1, 0.15) is 22.8 Å². The summed E-state index contributed by atoms with van der Waals surface area (Å²) in [5.41, 5.74) is 1.62. The minimum atomic E-state index is -0.276. The van der Waals surface area contributed by atoms with Crippen molar-refractivity contribution in [3.8, 4) is 0 Å². The van der Waals surface area contributed by atoms with Gasteiger partial charge in [-0.2, -0.15) is 0 Å². The lowest BCUT2D eigenvalue weighted by molar-refractivity contribution is 0.0526. The Balaban J connectivity index is 2.77. The maximum Gasteiger partial charge on any atom is 0.338 e. The van der Waals surface area contributed by atoms with E-state index in [0.29, 0.717) is 12.2 Å². The molecule has 1 aromatic carbocycles. The number of carbonyl (C=O) groups is 1. The van der Waals surface area contributed by atoms with Crippen molar-refractivity contribution in [2.45, 2.75) is 6.92 Å². The predicted octanol–water partition coefficient (Wildman–Crippen LogP) is 3.23. The molecule has 0 aromatic heterocycles. The van der Waals surface area contributed by atoms with Crippen LogP contribution in [0.2, 0.25) is 0 Å². The number of hydrogen-bond acceptors (Lipinski definition) is 2. The van der Waals surface area contributed by atoms with Gasteiger partial charge in [0.25, 0.3) is 0 Å². The summed E-state index contributed by atoms with van der Waals surface area (Å²) in [6.07, 6.45) is 1.90. The first-order chi connectivity index (χ1) is 6.77. The van der Waals surface area contributed by atoms with Gasteiger partial charge < -0.3 is 4.74 Å². The van der Waals surface area contributed by atoms with E-state index in [-0.39, 0.29) is 5.97 Å². The highest BCUT2D eigenvalue weighted by Gasteiger charge is 2.04. The molecule has 74 valence electrons. The third-order valence-corrected chi connectivity index (χ3v) is 1.94. The average Bonchev–Trinajstić information content (AvgIpc) is 2.20. The molecule has 2 nitrogen and oxygen atoms in total. The predicted molar refractivity (Wildman–Crippen MR) is 60.4 cm³/mol. The molecule has 0 spiro atoms. The third kappa shape index (κ3) is 3.00. The molecule has 0 radical (unpaired) electrons. The Bertz CT molecular complexity index is 328. The fourth-order valence-corrected chi connectivity index (χ4v) is 1.32. The summed E-state index contributed by atoms with van der Waals surface area (Å²) in [6, 6.07) is 7.23. The minimum Gasteiger partial charge on any atom is -0.462 e. The Labute approximate surface area is 91.7 Å². The van der Waals surface area contributed by atoms with Gasteiger partial charge in [0.2, 0.25) is 0 Å². The van der Waals surface area contributed by atoms with E-state index >= 15 is 0 Å². The molecule has 0 aliphatic rings. The number of rotatable bonds is 3. The second kappa shape index (κ2) is 5.60. The molecule has 0 unspecified atom stereocenters. The molecule has 1 aromatic rings. The fraction of sp³-hybridized carbons (Fsp3) is 0.182. The van der Waals surface area contributed by atoms with Crippen LogP contribution in [0, 0.1) is 0 Å². The molecule has 0 fully saturated rings. The van der Waals surface area contributed by atoms with Gasteiger partial charge in [-0.25, -0.2) is 4.79 Å². The molecule has 3 heteroatoms. The molecule has 0 atom stereocenters. The number of esters is 1. The van der Waals surface area contributed by atoms with E-state index in [1.807, 2.05) is 18.2 Å². The Morgan fingerprint density at radius 1 is 1.43 bits per heavy atom. The Kier molecular flexibility index (Phi) is 4.40. The van der Waals surface area contributed by atoms with Gasteiger partial charge in [-0.15, -0.1) is 0 Å². The molecule has 0 bridgehead atoms. The van der Waals surface area contributed by atoms with Gasteiger partial charge in [-0.05, 0) is 35.7 Å². The van der Waals surface area contributed by atoms with Crippen molar-refractivity contribution in [2.75, 3.05) is 6.61 Å². The van der Waals surface area contributed by atoms with Crippen LogP contribution in [0.25, 0.3) is 6.08 Å². The molecule has 0 aliphatic carbocycles. The molecule has 0 N–H and O–H groups in total. The first-order valence-corrected chi connectivity index (χ1v) is 5.23. The summed E-state index contributed by atoms with van der Waals surface area (Å²) in [6.45, 7) is 2.20. The zero-order valence-corrected chi connectivity index (χ0v) is 9.45. The largest absolute Gasteiger partial charge is 0.462 e. The van der Waals surface area contributed by atoms with Crippen LogP contribution in [0.5, 0.6) is 0 Å². The van der Waals surface area contributed by atoms with E-state index in [2.05, 4.69) is 15.9 Å². The summed E-state index contributed by atoms with van der Waals surface area (Å²) in [7, 11) is 0. The lowest BCUT2D eigenvalue weighted by Gasteiger charge is -2.01. The lowest BCUT2D eigenvalue weighted by atomic mass is 10.1. The van der Waals surface area contributed by atoms with Gasteiger partial charge in [0.15, 0.2) is 0 Å². The van der Waals surface area contributed by atoms with E-state index in [9.17, 15) is 4.79 Å². The van der Waals surface area contributed by atoms with Gasteiger partial charge in [0.05, 0.1) is 12.2 Å². The van der Waals surface area contributed by atoms with Crippen LogP contribution >= 0.6 is 15.9 Å². The lowest BCUT2D eigenvalue weighted by Crippen LogP contribution is -2.03. The fourth-order valence-electron chi connectivity index (χ4n) is 1.02. The van der Waals surface area contributed by atoms with Crippen molar-refractivity contribution in [2.24, 2.45) is 0 Å². The van der Waals surface area contributed by atoms with Crippen molar-refractivity contribution >= 4 is 28.0 Å². The number of carbonyl (C=O) groups excluding carboxylic acids is 1. The molecule has 1 rings (SSSR count). The summed E-state index contributed by atoms with van der Waals surface area (Å²) < 4.78 is 4.86. The number of halogens is 1. The third-order valence-electron chi connectivity index (χ3n) is 1.68. The number of benzene rings is 1. The van der Waals surface area contributed by atoms with Crippen LogP contribution in [-0.2, 0) is 4.74 Å². The average molecular weight is 255 g/mol. The first-order valence-electron chi connectivity index (χ1n) is 4.32. The van der Waals surface area contributed by atoms with Crippen molar-refractivity contribution in [1.82, 2.24) is 0 Å². The molecular formula is C11H11BrO2. The summed E-state index contributed by atoms with van der Waals surface area (Å²) in [5.74, 6) is -0.276. The topological polar surface area (TPSA) is 26.3 Å². The Morgan fingerprint density at radius 2 is 2.07 bits per heavy atom. The summed E-state index contributed by atoms with van der Waals surface area (Å²) in [4.78, 5) is 13.0. The molecule has 0 saturated carbocycles. The van der Waals surface area contributed by atoms with E-state index in [1.54, 1.807) is 24.0 Å². The molecule has 0 amide bonds. The highest BCUT2D eigenvalue weighted by atomic mass is 79.9. The SMILES string of the molecule is CCOC(=O)c1ccc(/C=C\Br)cc1. The van der Waals surface area contributed by atoms with Crippen molar-refractivity contribution in [3.05, 3.63) is 40.4 Å². The highest BCUT2D eigenvalue weighted by Crippen LogP contribution is 2.08. The normalized spacial score (nSPS) is 10.4. The molecule has 0 saturated heterocycles. The Morgan fingerprint density at radius 3 is 2.57 bits per heavy atom. The molecule has 0 aliphatic heterocycles. The number of ether oxygens (including phenoxy) is 1. The quantitative estimate of drug-likeness (QED) is 0.775. The van der Waals surface area contributed by atoms with Gasteiger partial charge in [0, 0.05) is 0 Å². The first kappa shape index (κ1) is 11.0. The number of hydrogen-bond donors (Lipinski definition) is 0. The van der Waals surface area contributed by atoms with Gasteiger partial charge >= 0.3 is 5.97 Å². The van der Waals surface area contributed by atoms with Crippen LogP contribution in [0.3, 0.4) is 0 Å². The van der Waals surface area contributed by atoms with E-state index < -0.39 is 0 Å². The van der Waals surface area contributed by atoms with E-state index in [0.717, 1.165) is 5.56 Å². The standard InChI is InChI=1S/C11H11BrO2/c1-2-14-11(13)10-5-3-9(4-6-10)7-8-12/h3-8H,2H2,1H3/b8-7-. The zero-order valence-electron chi connectivity index (χ0n) is 7.87. The van der Waals surface area contributed by atoms with Gasteiger partial charge in [-0.1, -0.05) is 28.1 Å². The second-order valence-corrected chi connectivity index (χ2v) is 3.16. The van der Waals surface area contributed by atoms with Gasteiger partial charge in [0.1, 0.15) is 0 Å². The molecule has 14 heavy (non-hydrogen) atoms. The van der Waals surface area contributed by atoms with E-state index in [4.69, 9.17) is 4.74 Å². The Hall–Kier alpha value is -1.09. The van der Waals surface area contributed by atoms with E-state index in [1.165, 1.54) is 0 Å². The minimum absolute atomic E-state index is 0.276. The smallest absolute Gasteiger partial charge is 0.338 e. The zero-order chi connectivity index (χ0) is 10.4. The monoisotopic (exact) mass is 254 g/mol. The second-order valence-electron chi connectivity index (χ2n) is 2.64. The van der Waals surface area contributed by atoms with Crippen LogP contribution in [-0.4, -0.2) is 12.6 Å². The molecule has 0 heterocycles. The van der Waals surface area contributed by atoms with Crippen molar-refractivity contribution < 1.29 is 9.53 Å². The molecular weight excluding hydrogens is 244 g/mol. The highest BCUT2D eigenvalue weighted by molar-refractivity contribution is 9.11. The van der Waals surface area contributed by atoms with Gasteiger partial charge in [-0.3, -0.25) is 0 Å².